The Labute approximate surface area is 96.6 Å². The number of ether oxygens (including phenoxy) is 1. The second kappa shape index (κ2) is 5.15. The molecule has 1 saturated carbocycles. The Hall–Kier alpha value is -1.31. The van der Waals surface area contributed by atoms with E-state index in [2.05, 4.69) is 6.92 Å². The molecule has 0 saturated heterocycles. The molecule has 2 unspecified atom stereocenters. The fourth-order valence-corrected chi connectivity index (χ4v) is 2.34. The Kier molecular flexibility index (Phi) is 3.60. The highest BCUT2D eigenvalue weighted by Gasteiger charge is 2.20. The summed E-state index contributed by atoms with van der Waals surface area (Å²) >= 11 is 0. The molecule has 0 radical (unpaired) electrons. The first-order valence-corrected chi connectivity index (χ1v) is 6.00. The summed E-state index contributed by atoms with van der Waals surface area (Å²) in [7, 11) is 0. The fourth-order valence-electron chi connectivity index (χ4n) is 2.34. The van der Waals surface area contributed by atoms with Crippen LogP contribution in [0.4, 0.5) is 0 Å². The normalized spacial score (nSPS) is 25.1. The number of carbonyl (C=O) groups is 1. The molecule has 0 amide bonds. The molecule has 0 heterocycles. The Balaban J connectivity index is 1.99. The highest BCUT2D eigenvalue weighted by Crippen LogP contribution is 2.27. The van der Waals surface area contributed by atoms with Crippen LogP contribution in [-0.4, -0.2) is 12.4 Å². The third-order valence-electron chi connectivity index (χ3n) is 3.19. The van der Waals surface area contributed by atoms with E-state index in [0.717, 1.165) is 30.8 Å². The van der Waals surface area contributed by atoms with Crippen LogP contribution in [0.3, 0.4) is 0 Å². The van der Waals surface area contributed by atoms with Gasteiger partial charge in [-0.05, 0) is 37.3 Å². The van der Waals surface area contributed by atoms with Gasteiger partial charge >= 0.3 is 0 Å². The van der Waals surface area contributed by atoms with E-state index in [0.29, 0.717) is 11.7 Å². The van der Waals surface area contributed by atoms with E-state index in [1.54, 1.807) is 6.07 Å². The summed E-state index contributed by atoms with van der Waals surface area (Å²) in [6.45, 7) is 2.28. The van der Waals surface area contributed by atoms with Crippen LogP contribution in [0.2, 0.25) is 0 Å². The van der Waals surface area contributed by atoms with Gasteiger partial charge in [-0.1, -0.05) is 25.5 Å². The Morgan fingerprint density at radius 2 is 2.25 bits per heavy atom. The summed E-state index contributed by atoms with van der Waals surface area (Å²) in [6, 6.07) is 7.40. The minimum Gasteiger partial charge on any atom is -0.490 e. The van der Waals surface area contributed by atoms with Crippen molar-refractivity contribution in [2.75, 3.05) is 0 Å². The molecule has 2 atom stereocenters. The molecule has 2 rings (SSSR count). The topological polar surface area (TPSA) is 26.3 Å². The molecule has 1 fully saturated rings. The number of carbonyl (C=O) groups excluding carboxylic acids is 1. The first-order chi connectivity index (χ1) is 7.78. The standard InChI is InChI=1S/C14H18O2/c1-11-4-2-6-13(8-11)16-14-7-3-5-12(9-14)10-15/h3,5,7,9-11,13H,2,4,6,8H2,1H3. The Morgan fingerprint density at radius 1 is 1.38 bits per heavy atom. The molecular formula is C14H18O2. The van der Waals surface area contributed by atoms with Crippen molar-refractivity contribution in [1.82, 2.24) is 0 Å². The summed E-state index contributed by atoms with van der Waals surface area (Å²) in [6.07, 6.45) is 6.01. The molecule has 1 aliphatic rings. The zero-order valence-corrected chi connectivity index (χ0v) is 9.69. The molecule has 0 aromatic heterocycles. The summed E-state index contributed by atoms with van der Waals surface area (Å²) in [5, 5.41) is 0. The van der Waals surface area contributed by atoms with E-state index in [9.17, 15) is 4.79 Å². The Bertz CT molecular complexity index is 360. The summed E-state index contributed by atoms with van der Waals surface area (Å²) in [5.41, 5.74) is 0.682. The minimum absolute atomic E-state index is 0.325. The van der Waals surface area contributed by atoms with Crippen molar-refractivity contribution in [3.63, 3.8) is 0 Å². The predicted octanol–water partition coefficient (Wildman–Crippen LogP) is 3.46. The number of aldehydes is 1. The maximum atomic E-state index is 10.6. The van der Waals surface area contributed by atoms with E-state index >= 15 is 0 Å². The lowest BCUT2D eigenvalue weighted by Gasteiger charge is -2.27. The molecular weight excluding hydrogens is 200 g/mol. The monoisotopic (exact) mass is 218 g/mol. The van der Waals surface area contributed by atoms with Gasteiger partial charge < -0.3 is 4.74 Å². The first kappa shape index (κ1) is 11.2. The van der Waals surface area contributed by atoms with E-state index < -0.39 is 0 Å². The molecule has 1 aromatic carbocycles. The lowest BCUT2D eigenvalue weighted by molar-refractivity contribution is 0.111. The van der Waals surface area contributed by atoms with Crippen molar-refractivity contribution in [2.24, 2.45) is 5.92 Å². The van der Waals surface area contributed by atoms with Crippen molar-refractivity contribution in [3.05, 3.63) is 29.8 Å². The van der Waals surface area contributed by atoms with Gasteiger partial charge in [0.25, 0.3) is 0 Å². The quantitative estimate of drug-likeness (QED) is 0.726. The van der Waals surface area contributed by atoms with Gasteiger partial charge in [0, 0.05) is 5.56 Å². The minimum atomic E-state index is 0.325. The van der Waals surface area contributed by atoms with Crippen molar-refractivity contribution in [2.45, 2.75) is 38.7 Å². The first-order valence-electron chi connectivity index (χ1n) is 6.00. The average molecular weight is 218 g/mol. The third kappa shape index (κ3) is 2.84. The number of rotatable bonds is 3. The van der Waals surface area contributed by atoms with Crippen LogP contribution < -0.4 is 4.74 Å². The number of benzene rings is 1. The number of hydrogen-bond donors (Lipinski definition) is 0. The lowest BCUT2D eigenvalue weighted by Crippen LogP contribution is -2.24. The molecule has 0 spiro atoms. The van der Waals surface area contributed by atoms with Gasteiger partial charge in [0.2, 0.25) is 0 Å². The van der Waals surface area contributed by atoms with Gasteiger partial charge in [0.15, 0.2) is 0 Å². The van der Waals surface area contributed by atoms with Crippen LogP contribution in [0.5, 0.6) is 5.75 Å². The van der Waals surface area contributed by atoms with Crippen molar-refractivity contribution >= 4 is 6.29 Å². The van der Waals surface area contributed by atoms with Crippen LogP contribution in [0.25, 0.3) is 0 Å². The molecule has 2 heteroatoms. The fraction of sp³-hybridized carbons (Fsp3) is 0.500. The van der Waals surface area contributed by atoms with E-state index in [1.807, 2.05) is 18.2 Å². The SMILES string of the molecule is CC1CCCC(Oc2cccc(C=O)c2)C1. The smallest absolute Gasteiger partial charge is 0.150 e. The highest BCUT2D eigenvalue weighted by molar-refractivity contribution is 5.75. The molecule has 1 aromatic rings. The average Bonchev–Trinajstić information content (AvgIpc) is 2.29. The summed E-state index contributed by atoms with van der Waals surface area (Å²) in [4.78, 5) is 10.6. The van der Waals surface area contributed by atoms with Crippen LogP contribution in [0.1, 0.15) is 43.0 Å². The van der Waals surface area contributed by atoms with Gasteiger partial charge in [0.1, 0.15) is 12.0 Å². The van der Waals surface area contributed by atoms with Crippen molar-refractivity contribution < 1.29 is 9.53 Å². The lowest BCUT2D eigenvalue weighted by atomic mass is 9.89. The molecule has 86 valence electrons. The largest absolute Gasteiger partial charge is 0.490 e. The molecule has 2 nitrogen and oxygen atoms in total. The molecule has 0 N–H and O–H groups in total. The van der Waals surface area contributed by atoms with Gasteiger partial charge in [0.05, 0.1) is 6.10 Å². The molecule has 0 bridgehead atoms. The van der Waals surface area contributed by atoms with E-state index in [4.69, 9.17) is 4.74 Å². The second-order valence-corrected chi connectivity index (χ2v) is 4.70. The van der Waals surface area contributed by atoms with Crippen LogP contribution in [0.15, 0.2) is 24.3 Å². The maximum absolute atomic E-state index is 10.6. The van der Waals surface area contributed by atoms with Gasteiger partial charge in [-0.2, -0.15) is 0 Å². The number of hydrogen-bond acceptors (Lipinski definition) is 2. The molecule has 1 aliphatic carbocycles. The predicted molar refractivity (Wildman–Crippen MR) is 63.9 cm³/mol. The van der Waals surface area contributed by atoms with Crippen LogP contribution >= 0.6 is 0 Å². The van der Waals surface area contributed by atoms with Crippen molar-refractivity contribution in [1.29, 1.82) is 0 Å². The van der Waals surface area contributed by atoms with Crippen LogP contribution in [-0.2, 0) is 0 Å². The summed E-state index contributed by atoms with van der Waals surface area (Å²) < 4.78 is 5.91. The Morgan fingerprint density at radius 3 is 3.00 bits per heavy atom. The zero-order chi connectivity index (χ0) is 11.4. The maximum Gasteiger partial charge on any atom is 0.150 e. The van der Waals surface area contributed by atoms with Gasteiger partial charge in [-0.15, -0.1) is 0 Å². The highest BCUT2D eigenvalue weighted by atomic mass is 16.5. The molecule has 0 aliphatic heterocycles. The van der Waals surface area contributed by atoms with Crippen molar-refractivity contribution in [3.8, 4) is 5.75 Å². The van der Waals surface area contributed by atoms with E-state index in [1.165, 1.54) is 12.8 Å². The van der Waals surface area contributed by atoms with E-state index in [-0.39, 0.29) is 0 Å². The second-order valence-electron chi connectivity index (χ2n) is 4.70. The summed E-state index contributed by atoms with van der Waals surface area (Å²) in [5.74, 6) is 1.58. The van der Waals surface area contributed by atoms with Gasteiger partial charge in [-0.3, -0.25) is 4.79 Å². The zero-order valence-electron chi connectivity index (χ0n) is 9.69. The third-order valence-corrected chi connectivity index (χ3v) is 3.19. The van der Waals surface area contributed by atoms with Gasteiger partial charge in [-0.25, -0.2) is 0 Å². The van der Waals surface area contributed by atoms with Crippen LogP contribution in [0, 0.1) is 5.92 Å². The molecule has 16 heavy (non-hydrogen) atoms.